The van der Waals surface area contributed by atoms with E-state index < -0.39 is 17.4 Å². The maximum Gasteiger partial charge on any atom is 0.309 e. The summed E-state index contributed by atoms with van der Waals surface area (Å²) in [5.41, 5.74) is -0.576. The summed E-state index contributed by atoms with van der Waals surface area (Å²) in [6.07, 6.45) is 25.4. The highest BCUT2D eigenvalue weighted by atomic mass is 16.4. The van der Waals surface area contributed by atoms with E-state index in [0.717, 1.165) is 57.8 Å². The highest BCUT2D eigenvalue weighted by Crippen LogP contribution is 2.46. The second-order valence-corrected chi connectivity index (χ2v) is 12.4. The molecule has 0 spiro atoms. The smallest absolute Gasteiger partial charge is 0.309 e. The minimum Gasteiger partial charge on any atom is -0.481 e. The van der Waals surface area contributed by atoms with Crippen LogP contribution >= 0.6 is 0 Å². The van der Waals surface area contributed by atoms with Gasteiger partial charge in [-0.25, -0.2) is 0 Å². The average Bonchev–Trinajstić information content (AvgIpc) is 2.89. The molecule has 0 aliphatic rings. The molecule has 2 N–H and O–H groups in total. The molecule has 4 nitrogen and oxygen atoms in total. The van der Waals surface area contributed by atoms with Crippen LogP contribution < -0.4 is 0 Å². The van der Waals surface area contributed by atoms with Crippen molar-refractivity contribution in [3.05, 3.63) is 0 Å². The quantitative estimate of drug-likeness (QED) is 0.0971. The minimum atomic E-state index is -0.678. The van der Waals surface area contributed by atoms with E-state index >= 15 is 0 Å². The number of aliphatic carboxylic acids is 2. The normalized spacial score (nSPS) is 15.6. The summed E-state index contributed by atoms with van der Waals surface area (Å²) in [4.78, 5) is 23.6. The molecule has 0 aromatic heterocycles. The molecule has 0 radical (unpaired) electrons. The largest absolute Gasteiger partial charge is 0.481 e. The number of carboxylic acid groups (broad SMARTS) is 2. The summed E-state index contributed by atoms with van der Waals surface area (Å²) in [7, 11) is 0. The molecule has 3 unspecified atom stereocenters. The predicted molar refractivity (Wildman–Crippen MR) is 163 cm³/mol. The fraction of sp³-hybridized carbons (Fsp3) is 0.941. The SMILES string of the molecule is CCCCC(CC)CC(CC(CC)CCCC)(C(=O)O)C(C)CCCCCCCCCCCCCC(=O)O. The van der Waals surface area contributed by atoms with Gasteiger partial charge in [0.2, 0.25) is 0 Å². The number of carbonyl (C=O) groups is 2. The van der Waals surface area contributed by atoms with Crippen LogP contribution in [0.2, 0.25) is 0 Å². The molecule has 0 fully saturated rings. The van der Waals surface area contributed by atoms with Gasteiger partial charge in [0.25, 0.3) is 0 Å². The second kappa shape index (κ2) is 23.8. The molecule has 0 saturated carbocycles. The Morgan fingerprint density at radius 2 is 0.974 bits per heavy atom. The fourth-order valence-corrected chi connectivity index (χ4v) is 6.38. The molecule has 0 aromatic carbocycles. The van der Waals surface area contributed by atoms with Crippen molar-refractivity contribution < 1.29 is 19.8 Å². The summed E-state index contributed by atoms with van der Waals surface area (Å²) >= 11 is 0. The summed E-state index contributed by atoms with van der Waals surface area (Å²) in [6, 6.07) is 0. The third kappa shape index (κ3) is 16.8. The summed E-state index contributed by atoms with van der Waals surface area (Å²) in [6.45, 7) is 11.2. The van der Waals surface area contributed by atoms with Crippen LogP contribution in [0.15, 0.2) is 0 Å². The van der Waals surface area contributed by atoms with Gasteiger partial charge in [0.1, 0.15) is 0 Å². The van der Waals surface area contributed by atoms with Gasteiger partial charge in [-0.1, -0.05) is 150 Å². The highest BCUT2D eigenvalue weighted by molar-refractivity contribution is 5.75. The number of carboxylic acids is 2. The molecule has 4 heteroatoms. The first-order valence-corrected chi connectivity index (χ1v) is 16.7. The molecule has 0 amide bonds. The molecule has 0 heterocycles. The van der Waals surface area contributed by atoms with Crippen molar-refractivity contribution in [3.63, 3.8) is 0 Å². The lowest BCUT2D eigenvalue weighted by atomic mass is 9.63. The molecule has 0 rings (SSSR count). The fourth-order valence-electron chi connectivity index (χ4n) is 6.38. The van der Waals surface area contributed by atoms with Crippen molar-refractivity contribution in [1.29, 1.82) is 0 Å². The van der Waals surface area contributed by atoms with E-state index in [1.807, 2.05) is 0 Å². The van der Waals surface area contributed by atoms with Crippen LogP contribution in [0.4, 0.5) is 0 Å². The van der Waals surface area contributed by atoms with Crippen molar-refractivity contribution >= 4 is 11.9 Å². The minimum absolute atomic E-state index is 0.229. The molecule has 3 atom stereocenters. The number of hydrogen-bond acceptors (Lipinski definition) is 2. The lowest BCUT2D eigenvalue weighted by Gasteiger charge is -2.40. The van der Waals surface area contributed by atoms with Gasteiger partial charge >= 0.3 is 11.9 Å². The zero-order valence-electron chi connectivity index (χ0n) is 26.2. The Morgan fingerprint density at radius 1 is 0.579 bits per heavy atom. The molecule has 0 saturated heterocycles. The predicted octanol–water partition coefficient (Wildman–Crippen LogP) is 11.1. The van der Waals surface area contributed by atoms with Gasteiger partial charge in [-0.05, 0) is 43.4 Å². The maximum absolute atomic E-state index is 13.0. The van der Waals surface area contributed by atoms with Gasteiger partial charge in [0.05, 0.1) is 5.41 Å². The summed E-state index contributed by atoms with van der Waals surface area (Å²) in [5, 5.41) is 19.4. The summed E-state index contributed by atoms with van der Waals surface area (Å²) in [5.74, 6) is 0.0661. The monoisotopic (exact) mass is 538 g/mol. The van der Waals surface area contributed by atoms with E-state index in [4.69, 9.17) is 5.11 Å². The van der Waals surface area contributed by atoms with Crippen LogP contribution in [0.5, 0.6) is 0 Å². The Kier molecular flexibility index (Phi) is 23.1. The average molecular weight is 539 g/mol. The molecule has 0 bridgehead atoms. The van der Waals surface area contributed by atoms with Gasteiger partial charge in [0, 0.05) is 6.42 Å². The molecule has 0 aromatic rings. The van der Waals surface area contributed by atoms with E-state index in [1.165, 1.54) is 83.5 Å². The Balaban J connectivity index is 4.72. The van der Waals surface area contributed by atoms with Crippen molar-refractivity contribution in [2.24, 2.45) is 23.2 Å². The van der Waals surface area contributed by atoms with E-state index in [2.05, 4.69) is 34.6 Å². The van der Waals surface area contributed by atoms with Crippen LogP contribution in [0.25, 0.3) is 0 Å². The Morgan fingerprint density at radius 3 is 1.32 bits per heavy atom. The van der Waals surface area contributed by atoms with Crippen LogP contribution in [0.1, 0.15) is 182 Å². The molecule has 0 aliphatic heterocycles. The molecular formula is C34H66O4. The molecule has 38 heavy (non-hydrogen) atoms. The zero-order chi connectivity index (χ0) is 28.7. The van der Waals surface area contributed by atoms with Crippen LogP contribution in [0.3, 0.4) is 0 Å². The van der Waals surface area contributed by atoms with Gasteiger partial charge in [0.15, 0.2) is 0 Å². The van der Waals surface area contributed by atoms with E-state index in [-0.39, 0.29) is 5.92 Å². The number of unbranched alkanes of at least 4 members (excludes halogenated alkanes) is 12. The third-order valence-electron chi connectivity index (χ3n) is 9.29. The zero-order valence-corrected chi connectivity index (χ0v) is 26.2. The summed E-state index contributed by atoms with van der Waals surface area (Å²) < 4.78 is 0. The van der Waals surface area contributed by atoms with E-state index in [0.29, 0.717) is 18.3 Å². The Hall–Kier alpha value is -1.06. The Bertz CT molecular complexity index is 555. The van der Waals surface area contributed by atoms with Gasteiger partial charge in [-0.2, -0.15) is 0 Å². The highest BCUT2D eigenvalue weighted by Gasteiger charge is 2.45. The van der Waals surface area contributed by atoms with Crippen molar-refractivity contribution in [2.75, 3.05) is 0 Å². The van der Waals surface area contributed by atoms with Crippen LogP contribution in [-0.4, -0.2) is 22.2 Å². The lowest BCUT2D eigenvalue weighted by molar-refractivity contribution is -0.156. The van der Waals surface area contributed by atoms with Crippen LogP contribution in [-0.2, 0) is 9.59 Å². The topological polar surface area (TPSA) is 74.6 Å². The van der Waals surface area contributed by atoms with E-state index in [1.54, 1.807) is 0 Å². The first-order chi connectivity index (χ1) is 18.3. The first-order valence-electron chi connectivity index (χ1n) is 16.7. The lowest BCUT2D eigenvalue weighted by Crippen LogP contribution is -2.41. The standard InChI is InChI=1S/C34H66O4/c1-6-10-24-30(8-3)27-34(33(37)38,28-31(9-4)25-11-7-2)29(5)23-21-19-17-15-13-12-14-16-18-20-22-26-32(35)36/h29-31H,6-28H2,1-5H3,(H,35,36)(H,37,38). The van der Waals surface area contributed by atoms with Crippen molar-refractivity contribution in [3.8, 4) is 0 Å². The van der Waals surface area contributed by atoms with E-state index in [9.17, 15) is 14.7 Å². The number of rotatable bonds is 28. The third-order valence-corrected chi connectivity index (χ3v) is 9.29. The second-order valence-electron chi connectivity index (χ2n) is 12.4. The number of hydrogen-bond donors (Lipinski definition) is 2. The van der Waals surface area contributed by atoms with Gasteiger partial charge in [-0.15, -0.1) is 0 Å². The van der Waals surface area contributed by atoms with Crippen molar-refractivity contribution in [2.45, 2.75) is 182 Å². The van der Waals surface area contributed by atoms with Crippen molar-refractivity contribution in [1.82, 2.24) is 0 Å². The Labute approximate surface area is 237 Å². The first kappa shape index (κ1) is 36.9. The molecular weight excluding hydrogens is 472 g/mol. The molecule has 0 aliphatic carbocycles. The van der Waals surface area contributed by atoms with Gasteiger partial charge in [-0.3, -0.25) is 9.59 Å². The van der Waals surface area contributed by atoms with Gasteiger partial charge < -0.3 is 10.2 Å². The van der Waals surface area contributed by atoms with Crippen LogP contribution in [0, 0.1) is 23.2 Å². The molecule has 226 valence electrons. The maximum atomic E-state index is 13.0.